The standard InChI is InChI=1S/C28H18Cl2N2O2/c29-21-14-10-19(11-15-21)26(34-28(33)20-12-16-22(30)17-13-20)18-27-31-24-8-4-5-9-25(24)32(27)23-6-2-1-3-7-23/h1-18H/b26-18+. The number of hydrogen-bond acceptors (Lipinski definition) is 3. The van der Waals surface area contributed by atoms with Crippen molar-refractivity contribution in [1.29, 1.82) is 0 Å². The first-order chi connectivity index (χ1) is 16.6. The average Bonchev–Trinajstić information content (AvgIpc) is 3.23. The number of carbonyl (C=O) groups is 1. The predicted octanol–water partition coefficient (Wildman–Crippen LogP) is 7.69. The Hall–Kier alpha value is -3.86. The molecular formula is C28H18Cl2N2O2. The van der Waals surface area contributed by atoms with Gasteiger partial charge in [-0.2, -0.15) is 0 Å². The van der Waals surface area contributed by atoms with E-state index in [1.54, 1.807) is 54.6 Å². The molecule has 0 fully saturated rings. The first-order valence-electron chi connectivity index (χ1n) is 10.6. The highest BCUT2D eigenvalue weighted by Gasteiger charge is 2.16. The first-order valence-corrected chi connectivity index (χ1v) is 11.3. The minimum Gasteiger partial charge on any atom is -0.422 e. The number of nitrogens with zero attached hydrogens (tertiary/aromatic N) is 2. The molecule has 0 N–H and O–H groups in total. The van der Waals surface area contributed by atoms with Crippen molar-refractivity contribution < 1.29 is 9.53 Å². The Morgan fingerprint density at radius 3 is 2.00 bits per heavy atom. The molecule has 0 atom stereocenters. The fraction of sp³-hybridized carbons (Fsp3) is 0. The molecule has 0 aliphatic carbocycles. The minimum absolute atomic E-state index is 0.351. The van der Waals surface area contributed by atoms with Crippen LogP contribution in [0.15, 0.2) is 103 Å². The van der Waals surface area contributed by atoms with Gasteiger partial charge in [0.1, 0.15) is 11.6 Å². The van der Waals surface area contributed by atoms with Gasteiger partial charge < -0.3 is 4.74 Å². The quantitative estimate of drug-likeness (QED) is 0.189. The highest BCUT2D eigenvalue weighted by atomic mass is 35.5. The Bertz CT molecular complexity index is 1490. The monoisotopic (exact) mass is 484 g/mol. The Morgan fingerprint density at radius 2 is 1.32 bits per heavy atom. The molecule has 0 aliphatic rings. The smallest absolute Gasteiger partial charge is 0.343 e. The van der Waals surface area contributed by atoms with Crippen LogP contribution < -0.4 is 0 Å². The maximum atomic E-state index is 13.0. The van der Waals surface area contributed by atoms with Crippen LogP contribution in [0.4, 0.5) is 0 Å². The Morgan fingerprint density at radius 1 is 0.735 bits per heavy atom. The Balaban J connectivity index is 1.65. The molecule has 4 nitrogen and oxygen atoms in total. The summed E-state index contributed by atoms with van der Waals surface area (Å²) in [5.41, 5.74) is 3.80. The van der Waals surface area contributed by atoms with Crippen molar-refractivity contribution >= 4 is 52.0 Å². The van der Waals surface area contributed by atoms with Gasteiger partial charge in [-0.15, -0.1) is 0 Å². The van der Waals surface area contributed by atoms with Crippen molar-refractivity contribution in [2.24, 2.45) is 0 Å². The molecule has 166 valence electrons. The molecule has 0 bridgehead atoms. The van der Waals surface area contributed by atoms with Crippen molar-refractivity contribution in [3.05, 3.63) is 130 Å². The summed E-state index contributed by atoms with van der Waals surface area (Å²) in [7, 11) is 0. The van der Waals surface area contributed by atoms with Gasteiger partial charge in [-0.25, -0.2) is 9.78 Å². The summed E-state index contributed by atoms with van der Waals surface area (Å²) in [5, 5.41) is 1.13. The topological polar surface area (TPSA) is 44.1 Å². The first kappa shape index (κ1) is 22.0. The molecule has 5 rings (SSSR count). The van der Waals surface area contributed by atoms with E-state index in [9.17, 15) is 4.79 Å². The van der Waals surface area contributed by atoms with Crippen molar-refractivity contribution in [2.75, 3.05) is 0 Å². The zero-order valence-corrected chi connectivity index (χ0v) is 19.4. The maximum Gasteiger partial charge on any atom is 0.343 e. The minimum atomic E-state index is -0.500. The highest BCUT2D eigenvalue weighted by Crippen LogP contribution is 2.27. The van der Waals surface area contributed by atoms with Crippen LogP contribution in [0.25, 0.3) is 28.6 Å². The summed E-state index contributed by atoms with van der Waals surface area (Å²) in [6, 6.07) is 31.5. The summed E-state index contributed by atoms with van der Waals surface area (Å²) in [5.74, 6) is 0.477. The van der Waals surface area contributed by atoms with Gasteiger partial charge in [0, 0.05) is 27.4 Å². The second kappa shape index (κ2) is 9.56. The van der Waals surface area contributed by atoms with Gasteiger partial charge in [-0.05, 0) is 72.8 Å². The van der Waals surface area contributed by atoms with E-state index in [4.69, 9.17) is 32.9 Å². The van der Waals surface area contributed by atoms with Gasteiger partial charge in [0.2, 0.25) is 0 Å². The summed E-state index contributed by atoms with van der Waals surface area (Å²) >= 11 is 12.1. The highest BCUT2D eigenvalue weighted by molar-refractivity contribution is 6.31. The normalized spacial score (nSPS) is 11.5. The van der Waals surface area contributed by atoms with E-state index in [0.717, 1.165) is 16.7 Å². The van der Waals surface area contributed by atoms with E-state index in [1.165, 1.54) is 0 Å². The van der Waals surface area contributed by atoms with Gasteiger partial charge in [-0.1, -0.05) is 53.5 Å². The number of carbonyl (C=O) groups excluding carboxylic acids is 1. The molecule has 0 amide bonds. The molecule has 0 aliphatic heterocycles. The van der Waals surface area contributed by atoms with Gasteiger partial charge in [0.15, 0.2) is 0 Å². The Labute approximate surface area is 206 Å². The third-order valence-corrected chi connectivity index (χ3v) is 5.78. The third kappa shape index (κ3) is 4.60. The third-order valence-electron chi connectivity index (χ3n) is 5.27. The average molecular weight is 485 g/mol. The summed E-state index contributed by atoms with van der Waals surface area (Å²) in [6.45, 7) is 0. The summed E-state index contributed by atoms with van der Waals surface area (Å²) in [6.07, 6.45) is 1.77. The molecule has 1 aromatic heterocycles. The van der Waals surface area contributed by atoms with Crippen LogP contribution in [0.1, 0.15) is 21.7 Å². The van der Waals surface area contributed by atoms with Gasteiger partial charge in [-0.3, -0.25) is 4.57 Å². The van der Waals surface area contributed by atoms with Crippen molar-refractivity contribution in [3.8, 4) is 5.69 Å². The fourth-order valence-corrected chi connectivity index (χ4v) is 3.89. The number of fused-ring (bicyclic) bond motifs is 1. The molecule has 5 aromatic rings. The molecule has 0 saturated heterocycles. The van der Waals surface area contributed by atoms with E-state index < -0.39 is 5.97 Å². The number of halogens is 2. The number of esters is 1. The second-order valence-electron chi connectivity index (χ2n) is 7.54. The van der Waals surface area contributed by atoms with Crippen LogP contribution >= 0.6 is 23.2 Å². The van der Waals surface area contributed by atoms with Crippen LogP contribution in [-0.4, -0.2) is 15.5 Å². The van der Waals surface area contributed by atoms with E-state index in [2.05, 4.69) is 0 Å². The number of hydrogen-bond donors (Lipinski definition) is 0. The second-order valence-corrected chi connectivity index (χ2v) is 8.41. The van der Waals surface area contributed by atoms with Crippen molar-refractivity contribution in [3.63, 3.8) is 0 Å². The number of benzene rings is 4. The van der Waals surface area contributed by atoms with Gasteiger partial charge in [0.25, 0.3) is 0 Å². The van der Waals surface area contributed by atoms with Crippen molar-refractivity contribution in [2.45, 2.75) is 0 Å². The lowest BCUT2D eigenvalue weighted by Crippen LogP contribution is -2.05. The number of para-hydroxylation sites is 3. The molecule has 0 unspecified atom stereocenters. The SMILES string of the molecule is O=C(O/C(=C/c1nc2ccccc2n1-c1ccccc1)c1ccc(Cl)cc1)c1ccc(Cl)cc1. The van der Waals surface area contributed by atoms with E-state index in [0.29, 0.717) is 32.8 Å². The number of imidazole rings is 1. The maximum absolute atomic E-state index is 13.0. The fourth-order valence-electron chi connectivity index (χ4n) is 3.64. The lowest BCUT2D eigenvalue weighted by Gasteiger charge is -2.11. The van der Waals surface area contributed by atoms with Gasteiger partial charge in [0.05, 0.1) is 16.6 Å². The molecule has 4 aromatic carbocycles. The van der Waals surface area contributed by atoms with Crippen LogP contribution in [0.3, 0.4) is 0 Å². The lowest BCUT2D eigenvalue weighted by molar-refractivity contribution is 0.0693. The Kier molecular flexibility index (Phi) is 6.17. The van der Waals surface area contributed by atoms with E-state index in [-0.39, 0.29) is 0 Å². The van der Waals surface area contributed by atoms with Gasteiger partial charge >= 0.3 is 5.97 Å². The van der Waals surface area contributed by atoms with Crippen LogP contribution in [0.5, 0.6) is 0 Å². The molecule has 34 heavy (non-hydrogen) atoms. The molecule has 0 radical (unpaired) electrons. The predicted molar refractivity (Wildman–Crippen MR) is 137 cm³/mol. The van der Waals surface area contributed by atoms with Crippen LogP contribution in [0, 0.1) is 0 Å². The number of ether oxygens (including phenoxy) is 1. The zero-order valence-electron chi connectivity index (χ0n) is 17.9. The molecule has 1 heterocycles. The van der Waals surface area contributed by atoms with Crippen LogP contribution in [0.2, 0.25) is 10.0 Å². The molecule has 6 heteroatoms. The largest absolute Gasteiger partial charge is 0.422 e. The zero-order chi connectivity index (χ0) is 23.5. The summed E-state index contributed by atoms with van der Waals surface area (Å²) in [4.78, 5) is 17.8. The summed E-state index contributed by atoms with van der Waals surface area (Å²) < 4.78 is 7.90. The van der Waals surface area contributed by atoms with E-state index in [1.807, 2.05) is 59.2 Å². The number of rotatable bonds is 5. The van der Waals surface area contributed by atoms with Crippen molar-refractivity contribution in [1.82, 2.24) is 9.55 Å². The lowest BCUT2D eigenvalue weighted by atomic mass is 10.1. The molecule has 0 spiro atoms. The molecular weight excluding hydrogens is 467 g/mol. The van der Waals surface area contributed by atoms with Crippen LogP contribution in [-0.2, 0) is 4.74 Å². The molecule has 0 saturated carbocycles. The number of aromatic nitrogens is 2. The van der Waals surface area contributed by atoms with E-state index >= 15 is 0 Å².